The number of carbonyl (C=O) groups is 1. The number of nitrogens with one attached hydrogen (secondary N) is 1. The highest BCUT2D eigenvalue weighted by Gasteiger charge is 2.17. The van der Waals surface area contributed by atoms with Crippen LogP contribution in [0.1, 0.15) is 37.8 Å². The second-order valence-corrected chi connectivity index (χ2v) is 5.81. The summed E-state index contributed by atoms with van der Waals surface area (Å²) < 4.78 is 5.91. The molecular formula is C19H23NO2. The average molecular weight is 297 g/mol. The number of benzene rings is 2. The Morgan fingerprint density at radius 2 is 1.73 bits per heavy atom. The van der Waals surface area contributed by atoms with Gasteiger partial charge in [0.05, 0.1) is 0 Å². The third kappa shape index (κ3) is 4.10. The van der Waals surface area contributed by atoms with E-state index in [9.17, 15) is 4.79 Å². The van der Waals surface area contributed by atoms with Crippen LogP contribution in [0.3, 0.4) is 0 Å². The molecule has 0 aliphatic rings. The van der Waals surface area contributed by atoms with Crippen molar-refractivity contribution in [2.45, 2.75) is 39.7 Å². The van der Waals surface area contributed by atoms with Gasteiger partial charge < -0.3 is 10.1 Å². The highest BCUT2D eigenvalue weighted by molar-refractivity contribution is 5.94. The van der Waals surface area contributed by atoms with Crippen LogP contribution in [0, 0.1) is 6.92 Å². The molecule has 2 aromatic rings. The van der Waals surface area contributed by atoms with Gasteiger partial charge in [0.15, 0.2) is 6.10 Å². The van der Waals surface area contributed by atoms with E-state index in [0.717, 1.165) is 22.6 Å². The second kappa shape index (κ2) is 7.12. The van der Waals surface area contributed by atoms with Crippen molar-refractivity contribution in [1.82, 2.24) is 0 Å². The van der Waals surface area contributed by atoms with Crippen molar-refractivity contribution >= 4 is 11.6 Å². The summed E-state index contributed by atoms with van der Waals surface area (Å²) in [6.45, 7) is 8.02. The number of ether oxygens (including phenoxy) is 1. The van der Waals surface area contributed by atoms with E-state index in [2.05, 4.69) is 31.3 Å². The first-order chi connectivity index (χ1) is 10.5. The summed E-state index contributed by atoms with van der Waals surface area (Å²) in [6.07, 6.45) is -0.556. The highest BCUT2D eigenvalue weighted by atomic mass is 16.5. The maximum Gasteiger partial charge on any atom is 0.265 e. The molecular weight excluding hydrogens is 274 g/mol. The molecule has 0 fully saturated rings. The van der Waals surface area contributed by atoms with Crippen molar-refractivity contribution in [2.24, 2.45) is 0 Å². The fourth-order valence-corrected chi connectivity index (χ4v) is 2.23. The summed E-state index contributed by atoms with van der Waals surface area (Å²) in [6, 6.07) is 15.5. The molecule has 1 N–H and O–H groups in total. The van der Waals surface area contributed by atoms with Gasteiger partial charge in [0.25, 0.3) is 5.91 Å². The van der Waals surface area contributed by atoms with Gasteiger partial charge in [-0.25, -0.2) is 0 Å². The van der Waals surface area contributed by atoms with Gasteiger partial charge in [-0.1, -0.05) is 44.2 Å². The van der Waals surface area contributed by atoms with Crippen LogP contribution >= 0.6 is 0 Å². The summed E-state index contributed by atoms with van der Waals surface area (Å²) in [7, 11) is 0. The summed E-state index contributed by atoms with van der Waals surface area (Å²) in [4.78, 5) is 12.2. The lowest BCUT2D eigenvalue weighted by Crippen LogP contribution is -2.30. The van der Waals surface area contributed by atoms with E-state index in [1.165, 1.54) is 0 Å². The number of anilines is 1. The molecule has 0 aliphatic heterocycles. The van der Waals surface area contributed by atoms with E-state index in [1.54, 1.807) is 6.92 Å². The number of carbonyl (C=O) groups excluding carboxylic acids is 1. The normalized spacial score (nSPS) is 12.0. The molecule has 0 bridgehead atoms. The molecule has 0 unspecified atom stereocenters. The molecule has 0 aliphatic carbocycles. The Kier molecular flexibility index (Phi) is 5.21. The van der Waals surface area contributed by atoms with E-state index in [0.29, 0.717) is 5.92 Å². The molecule has 1 amide bonds. The van der Waals surface area contributed by atoms with Gasteiger partial charge in [0.2, 0.25) is 0 Å². The second-order valence-electron chi connectivity index (χ2n) is 5.81. The lowest BCUT2D eigenvalue weighted by Gasteiger charge is -2.19. The molecule has 2 aromatic carbocycles. The summed E-state index contributed by atoms with van der Waals surface area (Å²) in [5.74, 6) is 0.980. The average Bonchev–Trinajstić information content (AvgIpc) is 2.48. The molecule has 0 saturated carbocycles. The predicted molar refractivity (Wildman–Crippen MR) is 90.4 cm³/mol. The lowest BCUT2D eigenvalue weighted by atomic mass is 10.0. The zero-order valence-corrected chi connectivity index (χ0v) is 13.6. The van der Waals surface area contributed by atoms with Gasteiger partial charge in [-0.2, -0.15) is 0 Å². The molecule has 0 saturated heterocycles. The Morgan fingerprint density at radius 3 is 2.36 bits per heavy atom. The summed E-state index contributed by atoms with van der Waals surface area (Å²) >= 11 is 0. The number of hydrogen-bond donors (Lipinski definition) is 1. The van der Waals surface area contributed by atoms with E-state index >= 15 is 0 Å². The molecule has 0 aromatic heterocycles. The Balaban J connectivity index is 2.10. The minimum atomic E-state index is -0.556. The quantitative estimate of drug-likeness (QED) is 0.881. The van der Waals surface area contributed by atoms with E-state index in [-0.39, 0.29) is 5.91 Å². The van der Waals surface area contributed by atoms with Crippen molar-refractivity contribution < 1.29 is 9.53 Å². The molecule has 116 valence electrons. The maximum atomic E-state index is 12.2. The zero-order chi connectivity index (χ0) is 16.1. The minimum Gasteiger partial charge on any atom is -0.481 e. The molecule has 22 heavy (non-hydrogen) atoms. The molecule has 3 nitrogen and oxygen atoms in total. The van der Waals surface area contributed by atoms with Gasteiger partial charge in [0, 0.05) is 5.69 Å². The van der Waals surface area contributed by atoms with Crippen LogP contribution in [-0.2, 0) is 4.79 Å². The van der Waals surface area contributed by atoms with Gasteiger partial charge in [-0.15, -0.1) is 0 Å². The zero-order valence-electron chi connectivity index (χ0n) is 13.6. The van der Waals surface area contributed by atoms with E-state index in [1.807, 2.05) is 43.3 Å². The van der Waals surface area contributed by atoms with Crippen molar-refractivity contribution in [1.29, 1.82) is 0 Å². The molecule has 0 heterocycles. The molecule has 1 atom stereocenters. The van der Waals surface area contributed by atoms with Crippen LogP contribution in [-0.4, -0.2) is 12.0 Å². The maximum absolute atomic E-state index is 12.2. The number of amides is 1. The number of aryl methyl sites for hydroxylation is 1. The van der Waals surface area contributed by atoms with Crippen LogP contribution < -0.4 is 10.1 Å². The monoisotopic (exact) mass is 297 g/mol. The van der Waals surface area contributed by atoms with Crippen LogP contribution in [0.2, 0.25) is 0 Å². The van der Waals surface area contributed by atoms with Gasteiger partial charge in [0.1, 0.15) is 5.75 Å². The summed E-state index contributed by atoms with van der Waals surface area (Å²) in [5.41, 5.74) is 3.01. The molecule has 0 spiro atoms. The third-order valence-electron chi connectivity index (χ3n) is 3.51. The van der Waals surface area contributed by atoms with Crippen molar-refractivity contribution in [2.75, 3.05) is 5.32 Å². The van der Waals surface area contributed by atoms with Crippen molar-refractivity contribution in [3.8, 4) is 5.75 Å². The lowest BCUT2D eigenvalue weighted by molar-refractivity contribution is -0.122. The SMILES string of the molecule is Cc1ccc(C(C)C)c(O[C@@H](C)C(=O)Nc2ccccc2)c1. The smallest absolute Gasteiger partial charge is 0.265 e. The Bertz CT molecular complexity index is 635. The van der Waals surface area contributed by atoms with Gasteiger partial charge in [-0.05, 0) is 49.1 Å². The first-order valence-electron chi connectivity index (χ1n) is 7.60. The number of hydrogen-bond acceptors (Lipinski definition) is 2. The Hall–Kier alpha value is -2.29. The minimum absolute atomic E-state index is 0.151. The number of para-hydroxylation sites is 1. The van der Waals surface area contributed by atoms with Crippen molar-refractivity contribution in [3.05, 3.63) is 59.7 Å². The summed E-state index contributed by atoms with van der Waals surface area (Å²) in [5, 5.41) is 2.86. The van der Waals surface area contributed by atoms with Gasteiger partial charge >= 0.3 is 0 Å². The Labute approximate surface area is 132 Å². The third-order valence-corrected chi connectivity index (χ3v) is 3.51. The predicted octanol–water partition coefficient (Wildman–Crippen LogP) is 4.52. The van der Waals surface area contributed by atoms with E-state index < -0.39 is 6.10 Å². The molecule has 3 heteroatoms. The molecule has 0 radical (unpaired) electrons. The topological polar surface area (TPSA) is 38.3 Å². The van der Waals surface area contributed by atoms with Crippen molar-refractivity contribution in [3.63, 3.8) is 0 Å². The standard InChI is InChI=1S/C19H23NO2/c1-13(2)17-11-10-14(3)12-18(17)22-15(4)19(21)20-16-8-6-5-7-9-16/h5-13,15H,1-4H3,(H,20,21)/t15-/m0/s1. The van der Waals surface area contributed by atoms with Gasteiger partial charge in [-0.3, -0.25) is 4.79 Å². The fourth-order valence-electron chi connectivity index (χ4n) is 2.23. The first kappa shape index (κ1) is 16.1. The molecule has 2 rings (SSSR count). The van der Waals surface area contributed by atoms with Crippen LogP contribution in [0.5, 0.6) is 5.75 Å². The highest BCUT2D eigenvalue weighted by Crippen LogP contribution is 2.28. The largest absolute Gasteiger partial charge is 0.481 e. The number of rotatable bonds is 5. The Morgan fingerprint density at radius 1 is 1.05 bits per heavy atom. The fraction of sp³-hybridized carbons (Fsp3) is 0.316. The van der Waals surface area contributed by atoms with Crippen LogP contribution in [0.4, 0.5) is 5.69 Å². The first-order valence-corrected chi connectivity index (χ1v) is 7.60. The van der Waals surface area contributed by atoms with Crippen LogP contribution in [0.15, 0.2) is 48.5 Å². The van der Waals surface area contributed by atoms with E-state index in [4.69, 9.17) is 4.74 Å². The van der Waals surface area contributed by atoms with Crippen LogP contribution in [0.25, 0.3) is 0 Å².